The van der Waals surface area contributed by atoms with Gasteiger partial charge in [0.15, 0.2) is 0 Å². The highest BCUT2D eigenvalue weighted by Crippen LogP contribution is 2.31. The summed E-state index contributed by atoms with van der Waals surface area (Å²) in [6.07, 6.45) is 7.87. The molecule has 3 fully saturated rings. The number of anilines is 1. The molecule has 0 spiro atoms. The van der Waals surface area contributed by atoms with Gasteiger partial charge < -0.3 is 25.6 Å². The van der Waals surface area contributed by atoms with Crippen LogP contribution < -0.4 is 11.1 Å². The normalized spacial score (nSPS) is 23.9. The Morgan fingerprint density at radius 2 is 1.93 bits per heavy atom. The van der Waals surface area contributed by atoms with Crippen molar-refractivity contribution in [1.82, 2.24) is 19.8 Å². The number of morpholine rings is 1. The lowest BCUT2D eigenvalue weighted by atomic mass is 9.95. The number of hydrogen-bond donors (Lipinski definition) is 2. The summed E-state index contributed by atoms with van der Waals surface area (Å²) >= 11 is 0. The van der Waals surface area contributed by atoms with Gasteiger partial charge in [-0.25, -0.2) is 4.98 Å². The van der Waals surface area contributed by atoms with Crippen molar-refractivity contribution in [2.45, 2.75) is 31.8 Å². The molecule has 1 aromatic rings. The summed E-state index contributed by atoms with van der Waals surface area (Å²) in [6.45, 7) is 5.54. The van der Waals surface area contributed by atoms with E-state index < -0.39 is 5.91 Å². The monoisotopic (exact) mass is 402 g/mol. The van der Waals surface area contributed by atoms with Crippen LogP contribution in [0.5, 0.6) is 0 Å². The molecule has 1 atom stereocenters. The first-order valence-corrected chi connectivity index (χ1v) is 10.5. The molecule has 29 heavy (non-hydrogen) atoms. The Kier molecular flexibility index (Phi) is 6.25. The molecule has 3 N–H and O–H groups in total. The molecule has 4 rings (SSSR count). The van der Waals surface area contributed by atoms with E-state index in [0.29, 0.717) is 24.8 Å². The van der Waals surface area contributed by atoms with Gasteiger partial charge in [0, 0.05) is 26.2 Å². The van der Waals surface area contributed by atoms with Gasteiger partial charge in [-0.3, -0.25) is 14.6 Å². The zero-order chi connectivity index (χ0) is 20.2. The van der Waals surface area contributed by atoms with Crippen LogP contribution in [0.3, 0.4) is 0 Å². The van der Waals surface area contributed by atoms with Gasteiger partial charge in [-0.2, -0.15) is 0 Å². The van der Waals surface area contributed by atoms with E-state index in [4.69, 9.17) is 10.5 Å². The molecule has 0 bridgehead atoms. The Morgan fingerprint density at radius 1 is 1.17 bits per heavy atom. The van der Waals surface area contributed by atoms with Gasteiger partial charge in [-0.05, 0) is 50.6 Å². The molecule has 9 nitrogen and oxygen atoms in total. The molecule has 1 aromatic heterocycles. The zero-order valence-electron chi connectivity index (χ0n) is 16.8. The number of ether oxygens (including phenoxy) is 1. The Hall–Kier alpha value is -2.26. The number of carbonyl (C=O) groups excluding carboxylic acids is 2. The van der Waals surface area contributed by atoms with E-state index in [9.17, 15) is 9.59 Å². The maximum Gasteiger partial charge on any atom is 0.268 e. The van der Waals surface area contributed by atoms with Crippen molar-refractivity contribution >= 4 is 17.6 Å². The number of likely N-dealkylation sites (tertiary alicyclic amines) is 1. The Labute approximate surface area is 171 Å². The second-order valence-corrected chi connectivity index (χ2v) is 8.45. The van der Waals surface area contributed by atoms with Crippen molar-refractivity contribution in [2.24, 2.45) is 17.6 Å². The first-order chi connectivity index (χ1) is 14.1. The van der Waals surface area contributed by atoms with Gasteiger partial charge in [-0.15, -0.1) is 0 Å². The molecule has 1 aliphatic carbocycles. The molecular weight excluding hydrogens is 372 g/mol. The number of nitrogens with two attached hydrogens (primary N) is 1. The van der Waals surface area contributed by atoms with Crippen LogP contribution in [0.25, 0.3) is 0 Å². The van der Waals surface area contributed by atoms with Gasteiger partial charge in [0.1, 0.15) is 18.1 Å². The largest absolute Gasteiger partial charge is 0.366 e. The summed E-state index contributed by atoms with van der Waals surface area (Å²) < 4.78 is 5.68. The summed E-state index contributed by atoms with van der Waals surface area (Å²) in [5.41, 5.74) is 5.35. The van der Waals surface area contributed by atoms with Crippen molar-refractivity contribution in [3.05, 3.63) is 18.1 Å². The van der Waals surface area contributed by atoms with Crippen LogP contribution in [-0.4, -0.2) is 83.6 Å². The van der Waals surface area contributed by atoms with Crippen LogP contribution in [0.2, 0.25) is 0 Å². The number of nitrogens with zero attached hydrogens (tertiary/aromatic N) is 4. The highest BCUT2D eigenvalue weighted by atomic mass is 16.5. The van der Waals surface area contributed by atoms with Gasteiger partial charge in [-0.1, -0.05) is 0 Å². The number of hydrogen-bond acceptors (Lipinski definition) is 7. The van der Waals surface area contributed by atoms with Gasteiger partial charge >= 0.3 is 0 Å². The number of piperidine rings is 1. The van der Waals surface area contributed by atoms with E-state index in [1.54, 1.807) is 0 Å². The molecule has 2 amide bonds. The van der Waals surface area contributed by atoms with Crippen molar-refractivity contribution in [3.8, 4) is 0 Å². The fourth-order valence-electron chi connectivity index (χ4n) is 4.10. The number of primary amides is 1. The van der Waals surface area contributed by atoms with Crippen molar-refractivity contribution < 1.29 is 14.3 Å². The number of amides is 2. The summed E-state index contributed by atoms with van der Waals surface area (Å²) in [5.74, 6) is 1.43. The predicted molar refractivity (Wildman–Crippen MR) is 107 cm³/mol. The molecule has 2 saturated heterocycles. The molecular formula is C20H30N6O3. The van der Waals surface area contributed by atoms with E-state index in [0.717, 1.165) is 38.4 Å². The van der Waals surface area contributed by atoms with Gasteiger partial charge in [0.05, 0.1) is 18.5 Å². The summed E-state index contributed by atoms with van der Waals surface area (Å²) in [4.78, 5) is 36.2. The van der Waals surface area contributed by atoms with Crippen LogP contribution in [0.1, 0.15) is 36.2 Å². The SMILES string of the molecule is NC(=O)c1cncc(NC[C@H]2CN(CC3CCN(CC4CC4)CC3)C(=O)CO2)n1. The number of aromatic nitrogens is 2. The van der Waals surface area contributed by atoms with E-state index in [-0.39, 0.29) is 24.3 Å². The Morgan fingerprint density at radius 3 is 2.66 bits per heavy atom. The molecule has 1 saturated carbocycles. The lowest BCUT2D eigenvalue weighted by Gasteiger charge is -2.38. The van der Waals surface area contributed by atoms with E-state index >= 15 is 0 Å². The molecule has 0 radical (unpaired) electrons. The zero-order valence-corrected chi connectivity index (χ0v) is 16.8. The van der Waals surface area contributed by atoms with E-state index in [1.807, 2.05) is 4.90 Å². The number of carbonyl (C=O) groups is 2. The average Bonchev–Trinajstić information content (AvgIpc) is 3.54. The third-order valence-corrected chi connectivity index (χ3v) is 6.02. The third kappa shape index (κ3) is 5.63. The molecule has 2 aliphatic heterocycles. The summed E-state index contributed by atoms with van der Waals surface area (Å²) in [6, 6.07) is 0. The molecule has 158 valence electrons. The fraction of sp³-hybridized carbons (Fsp3) is 0.700. The van der Waals surface area contributed by atoms with Crippen LogP contribution >= 0.6 is 0 Å². The minimum atomic E-state index is -0.616. The maximum atomic E-state index is 12.3. The highest BCUT2D eigenvalue weighted by Gasteiger charge is 2.31. The predicted octanol–water partition coefficient (Wildman–Crippen LogP) is 0.337. The average molecular weight is 402 g/mol. The van der Waals surface area contributed by atoms with Gasteiger partial charge in [0.25, 0.3) is 5.91 Å². The minimum Gasteiger partial charge on any atom is -0.366 e. The van der Waals surface area contributed by atoms with Gasteiger partial charge in [0.2, 0.25) is 5.91 Å². The quantitative estimate of drug-likeness (QED) is 0.644. The second kappa shape index (κ2) is 9.04. The van der Waals surface area contributed by atoms with E-state index in [2.05, 4.69) is 20.2 Å². The molecule has 0 unspecified atom stereocenters. The smallest absolute Gasteiger partial charge is 0.268 e. The van der Waals surface area contributed by atoms with Crippen LogP contribution in [0.15, 0.2) is 12.4 Å². The fourth-order valence-corrected chi connectivity index (χ4v) is 4.10. The minimum absolute atomic E-state index is 0.0668. The second-order valence-electron chi connectivity index (χ2n) is 8.45. The Bertz CT molecular complexity index is 733. The molecule has 9 heteroatoms. The standard InChI is InChI=1S/C20H30N6O3/c21-20(28)17-8-22-9-18(24-17)23-7-16-12-26(19(27)13-29-16)11-15-3-5-25(6-4-15)10-14-1-2-14/h8-9,14-16H,1-7,10-13H2,(H2,21,28)(H,23,24)/t16-/m0/s1. The molecule has 0 aromatic carbocycles. The Balaban J connectivity index is 1.23. The third-order valence-electron chi connectivity index (χ3n) is 6.02. The first-order valence-electron chi connectivity index (χ1n) is 10.5. The lowest BCUT2D eigenvalue weighted by molar-refractivity contribution is -0.149. The van der Waals surface area contributed by atoms with Crippen molar-refractivity contribution in [1.29, 1.82) is 0 Å². The topological polar surface area (TPSA) is 114 Å². The number of rotatable bonds is 8. The lowest BCUT2D eigenvalue weighted by Crippen LogP contribution is -2.51. The molecule has 3 heterocycles. The highest BCUT2D eigenvalue weighted by molar-refractivity contribution is 5.90. The van der Waals surface area contributed by atoms with Crippen molar-refractivity contribution in [3.63, 3.8) is 0 Å². The number of nitrogens with one attached hydrogen (secondary N) is 1. The van der Waals surface area contributed by atoms with Crippen molar-refractivity contribution in [2.75, 3.05) is 51.2 Å². The first kappa shape index (κ1) is 20.0. The summed E-state index contributed by atoms with van der Waals surface area (Å²) in [5, 5.41) is 3.13. The van der Waals surface area contributed by atoms with Crippen LogP contribution in [0.4, 0.5) is 5.82 Å². The van der Waals surface area contributed by atoms with Crippen LogP contribution in [0, 0.1) is 11.8 Å². The molecule has 3 aliphatic rings. The van der Waals surface area contributed by atoms with E-state index in [1.165, 1.54) is 31.8 Å². The maximum absolute atomic E-state index is 12.3. The van der Waals surface area contributed by atoms with Crippen LogP contribution in [-0.2, 0) is 9.53 Å². The summed E-state index contributed by atoms with van der Waals surface area (Å²) in [7, 11) is 0.